The molecule has 1 rings (SSSR count). The average Bonchev–Trinajstić information content (AvgIpc) is 2.34. The van der Waals surface area contributed by atoms with Crippen molar-refractivity contribution >= 4 is 19.6 Å². The summed E-state index contributed by atoms with van der Waals surface area (Å²) in [6, 6.07) is 2.26. The van der Waals surface area contributed by atoms with Crippen molar-refractivity contribution in [3.8, 4) is 6.07 Å². The molecule has 0 aliphatic carbocycles. The van der Waals surface area contributed by atoms with Crippen molar-refractivity contribution in [2.24, 2.45) is 0 Å². The minimum atomic E-state index is 0.192. The first-order chi connectivity index (χ1) is 4.74. The molecule has 0 aromatic heterocycles. The molecule has 0 saturated heterocycles. The predicted octanol–water partition coefficient (Wildman–Crippen LogP) is 1.34. The molecule has 0 radical (unpaired) electrons. The Morgan fingerprint density at radius 3 is 3.00 bits per heavy atom. The lowest BCUT2D eigenvalue weighted by Gasteiger charge is -2.04. The molecule has 0 aromatic carbocycles. The summed E-state index contributed by atoms with van der Waals surface area (Å²) < 4.78 is 0. The molecule has 1 heterocycles. The van der Waals surface area contributed by atoms with Gasteiger partial charge in [0.15, 0.2) is 0 Å². The molecule has 1 nitrogen and oxygen atoms in total. The second kappa shape index (κ2) is 3.16. The number of nitrogens with zero attached hydrogens (tertiary/aromatic N) is 1. The van der Waals surface area contributed by atoms with Crippen molar-refractivity contribution < 1.29 is 0 Å². The minimum absolute atomic E-state index is 0.192. The molecule has 0 bridgehead atoms. The van der Waals surface area contributed by atoms with Crippen LogP contribution in [0.3, 0.4) is 0 Å². The summed E-state index contributed by atoms with van der Waals surface area (Å²) >= 11 is 1.72. The third kappa shape index (κ3) is 1.57. The lowest BCUT2D eigenvalue weighted by Crippen LogP contribution is -1.90. The van der Waals surface area contributed by atoms with Crippen LogP contribution in [0.2, 0.25) is 5.82 Å². The van der Waals surface area contributed by atoms with Crippen molar-refractivity contribution in [2.45, 2.75) is 24.4 Å². The summed E-state index contributed by atoms with van der Waals surface area (Å²) in [6.07, 6.45) is 3.12. The van der Waals surface area contributed by atoms with Gasteiger partial charge in [0.25, 0.3) is 0 Å². The fraction of sp³-hybridized carbons (Fsp3) is 0.571. The quantitative estimate of drug-likeness (QED) is 0.528. The number of thioether (sulfide) groups is 1. The van der Waals surface area contributed by atoms with Gasteiger partial charge in [-0.3, -0.25) is 0 Å². The molecule has 1 aliphatic rings. The van der Waals surface area contributed by atoms with Gasteiger partial charge in [-0.15, -0.1) is 11.8 Å². The van der Waals surface area contributed by atoms with E-state index in [9.17, 15) is 0 Å². The minimum Gasteiger partial charge on any atom is -0.197 e. The summed E-state index contributed by atoms with van der Waals surface area (Å²) in [6.45, 7) is 2.17. The molecule has 0 fully saturated rings. The highest BCUT2D eigenvalue weighted by Gasteiger charge is 2.18. The van der Waals surface area contributed by atoms with E-state index in [-0.39, 0.29) is 5.25 Å². The van der Waals surface area contributed by atoms with Crippen LogP contribution in [0.4, 0.5) is 0 Å². The second-order valence-electron chi connectivity index (χ2n) is 2.73. The van der Waals surface area contributed by atoms with Crippen molar-refractivity contribution in [3.05, 3.63) is 11.0 Å². The number of hydrogen-bond acceptors (Lipinski definition) is 2. The van der Waals surface area contributed by atoms with E-state index in [0.29, 0.717) is 5.82 Å². The largest absolute Gasteiger partial charge is 0.197 e. The zero-order valence-electron chi connectivity index (χ0n) is 6.29. The Labute approximate surface area is 66.9 Å². The highest BCUT2D eigenvalue weighted by molar-refractivity contribution is 8.04. The molecule has 10 heavy (non-hydrogen) atoms. The number of nitriles is 1. The maximum absolute atomic E-state index is 8.56. The van der Waals surface area contributed by atoms with Crippen molar-refractivity contribution in [3.63, 3.8) is 0 Å². The van der Waals surface area contributed by atoms with Crippen LogP contribution in [-0.4, -0.2) is 13.1 Å². The molecule has 0 N–H and O–H groups in total. The maximum Gasteiger partial charge on any atom is 0.111 e. The first-order valence-corrected chi connectivity index (χ1v) is 4.38. The summed E-state index contributed by atoms with van der Waals surface area (Å²) in [5.41, 5.74) is 0. The standard InChI is InChI=1S/C7H10BNS/c1-5(8)7-3-2-6(4-9)10-7/h3,5-6H,2,8H2,1H3. The lowest BCUT2D eigenvalue weighted by molar-refractivity contribution is 1.09. The zero-order chi connectivity index (χ0) is 7.56. The Hall–Kier alpha value is -0.355. The molecule has 1 aliphatic heterocycles. The zero-order valence-corrected chi connectivity index (χ0v) is 7.11. The van der Waals surface area contributed by atoms with Crippen molar-refractivity contribution in [1.82, 2.24) is 0 Å². The van der Waals surface area contributed by atoms with Gasteiger partial charge in [-0.25, -0.2) is 0 Å². The van der Waals surface area contributed by atoms with E-state index >= 15 is 0 Å². The van der Waals surface area contributed by atoms with Gasteiger partial charge in [0.2, 0.25) is 0 Å². The molecule has 2 atom stereocenters. The van der Waals surface area contributed by atoms with Gasteiger partial charge in [0, 0.05) is 0 Å². The smallest absolute Gasteiger partial charge is 0.111 e. The number of hydrogen-bond donors (Lipinski definition) is 0. The van der Waals surface area contributed by atoms with Crippen LogP contribution in [0.15, 0.2) is 11.0 Å². The molecule has 3 heteroatoms. The third-order valence-corrected chi connectivity index (χ3v) is 3.02. The Bertz CT molecular complexity index is 192. The van der Waals surface area contributed by atoms with E-state index in [2.05, 4.69) is 26.9 Å². The highest BCUT2D eigenvalue weighted by Crippen LogP contribution is 2.37. The predicted molar refractivity (Wildman–Crippen MR) is 47.7 cm³/mol. The van der Waals surface area contributed by atoms with Crippen LogP contribution in [0.5, 0.6) is 0 Å². The fourth-order valence-electron chi connectivity index (χ4n) is 0.935. The molecule has 0 saturated carbocycles. The van der Waals surface area contributed by atoms with Crippen molar-refractivity contribution in [1.29, 1.82) is 5.26 Å². The second-order valence-corrected chi connectivity index (χ2v) is 4.01. The van der Waals surface area contributed by atoms with E-state index in [0.717, 1.165) is 6.42 Å². The summed E-state index contributed by atoms with van der Waals surface area (Å²) in [5.74, 6) is 0.600. The molecule has 0 spiro atoms. The van der Waals surface area contributed by atoms with Gasteiger partial charge >= 0.3 is 0 Å². The molecule has 0 amide bonds. The van der Waals surface area contributed by atoms with Gasteiger partial charge in [-0.1, -0.05) is 13.0 Å². The van der Waals surface area contributed by atoms with Crippen LogP contribution in [0.25, 0.3) is 0 Å². The Kier molecular flexibility index (Phi) is 2.45. The molecular formula is C7H10BNS. The molecule has 52 valence electrons. The first-order valence-electron chi connectivity index (χ1n) is 3.50. The summed E-state index contributed by atoms with van der Waals surface area (Å²) in [5, 5.41) is 8.75. The van der Waals surface area contributed by atoms with Gasteiger partial charge in [-0.05, 0) is 17.1 Å². The van der Waals surface area contributed by atoms with Gasteiger partial charge < -0.3 is 0 Å². The van der Waals surface area contributed by atoms with Crippen LogP contribution < -0.4 is 0 Å². The highest BCUT2D eigenvalue weighted by atomic mass is 32.2. The first kappa shape index (κ1) is 7.75. The summed E-state index contributed by atoms with van der Waals surface area (Å²) in [4.78, 5) is 1.38. The topological polar surface area (TPSA) is 23.8 Å². The van der Waals surface area contributed by atoms with Crippen LogP contribution in [0, 0.1) is 11.3 Å². The third-order valence-electron chi connectivity index (χ3n) is 1.52. The molecule has 0 aromatic rings. The van der Waals surface area contributed by atoms with Gasteiger partial charge in [-0.2, -0.15) is 5.26 Å². The SMILES string of the molecule is BC(C)C1=CCC(C#N)S1. The maximum atomic E-state index is 8.56. The van der Waals surface area contributed by atoms with Crippen molar-refractivity contribution in [2.75, 3.05) is 0 Å². The van der Waals surface area contributed by atoms with Gasteiger partial charge in [0.05, 0.1) is 11.3 Å². The monoisotopic (exact) mass is 151 g/mol. The van der Waals surface area contributed by atoms with E-state index in [4.69, 9.17) is 5.26 Å². The van der Waals surface area contributed by atoms with Crippen LogP contribution >= 0.6 is 11.8 Å². The number of allylic oxidation sites excluding steroid dienone is 2. The van der Waals surface area contributed by atoms with E-state index in [1.54, 1.807) is 11.8 Å². The normalized spacial score (nSPS) is 27.2. The van der Waals surface area contributed by atoms with Crippen LogP contribution in [0.1, 0.15) is 13.3 Å². The fourth-order valence-corrected chi connectivity index (χ4v) is 1.97. The Balaban J connectivity index is 2.49. The van der Waals surface area contributed by atoms with E-state index < -0.39 is 0 Å². The number of rotatable bonds is 1. The van der Waals surface area contributed by atoms with Gasteiger partial charge in [0.1, 0.15) is 7.85 Å². The average molecular weight is 151 g/mol. The lowest BCUT2D eigenvalue weighted by atomic mass is 9.89. The Morgan fingerprint density at radius 1 is 2.00 bits per heavy atom. The molecule has 2 unspecified atom stereocenters. The summed E-state index contributed by atoms with van der Waals surface area (Å²) in [7, 11) is 2.17. The Morgan fingerprint density at radius 2 is 2.70 bits per heavy atom. The van der Waals surface area contributed by atoms with Crippen LogP contribution in [-0.2, 0) is 0 Å². The van der Waals surface area contributed by atoms with E-state index in [1.807, 2.05) is 0 Å². The van der Waals surface area contributed by atoms with E-state index in [1.165, 1.54) is 4.91 Å². The molecular weight excluding hydrogens is 141 g/mol.